The molecule has 0 heterocycles. The van der Waals surface area contributed by atoms with E-state index in [0.29, 0.717) is 0 Å². The van der Waals surface area contributed by atoms with Crippen molar-refractivity contribution < 1.29 is 37.8 Å². The van der Waals surface area contributed by atoms with Crippen LogP contribution in [0.2, 0.25) is 0 Å². The van der Waals surface area contributed by atoms with Crippen molar-refractivity contribution in [3.8, 4) is 0 Å². The Balaban J connectivity index is 2.06. The molecule has 0 amide bonds. The molecule has 0 spiro atoms. The topological polar surface area (TPSA) is 18.5 Å². The number of hydrogen-bond donors (Lipinski definition) is 0. The van der Waals surface area contributed by atoms with Crippen molar-refractivity contribution in [2.75, 3.05) is 6.61 Å². The molecule has 0 radical (unpaired) electrons. The van der Waals surface area contributed by atoms with Gasteiger partial charge < -0.3 is 0 Å². The van der Waals surface area contributed by atoms with Gasteiger partial charge in [0, 0.05) is 0 Å². The normalized spacial score (nSPS) is 11.8. The van der Waals surface area contributed by atoms with E-state index in [1.54, 1.807) is 0 Å². The molecule has 0 saturated carbocycles. The second-order valence-electron chi connectivity index (χ2n) is 6.01. The van der Waals surface area contributed by atoms with Crippen LogP contribution in [0.25, 0.3) is 0 Å². The number of halogens is 3. The number of hydrogen-bond acceptors (Lipinski definition) is 2. The molecule has 3 aromatic carbocycles. The summed E-state index contributed by atoms with van der Waals surface area (Å²) in [6.45, 7) is -1.25. The molecule has 0 atom stereocenters. The summed E-state index contributed by atoms with van der Waals surface area (Å²) >= 11 is -2.36. The number of rotatable bonds is 7. The first-order valence-corrected chi connectivity index (χ1v) is 12.8. The molecule has 0 unspecified atom stereocenters. The van der Waals surface area contributed by atoms with Gasteiger partial charge in [-0.1, -0.05) is 0 Å². The van der Waals surface area contributed by atoms with Crippen molar-refractivity contribution in [3.05, 3.63) is 91.0 Å². The van der Waals surface area contributed by atoms with E-state index in [1.165, 1.54) is 0 Å². The molecular weight excluding hydrogens is 423 g/mol. The molecule has 0 saturated heterocycles. The summed E-state index contributed by atoms with van der Waals surface area (Å²) < 4.78 is 48.9. The summed E-state index contributed by atoms with van der Waals surface area (Å²) in [5, 5.41) is 2.97. The van der Waals surface area contributed by atoms with Gasteiger partial charge in [-0.15, -0.1) is 0 Å². The van der Waals surface area contributed by atoms with E-state index < -0.39 is 38.9 Å². The van der Waals surface area contributed by atoms with Gasteiger partial charge in [0.15, 0.2) is 0 Å². The van der Waals surface area contributed by atoms with Crippen LogP contribution in [0, 0.1) is 0 Å². The molecule has 2 nitrogen and oxygen atoms in total. The van der Waals surface area contributed by atoms with E-state index in [0.717, 1.165) is 15.6 Å². The Bertz CT molecular complexity index is 733. The summed E-state index contributed by atoms with van der Waals surface area (Å²) in [5.41, 5.74) is 0. The van der Waals surface area contributed by atoms with Gasteiger partial charge >= 0.3 is 165 Å². The van der Waals surface area contributed by atoms with E-state index in [-0.39, 0.29) is 0 Å². The molecule has 136 valence electrons. The molecular formula is C20H17F3O2SiZn. The second-order valence-corrected chi connectivity index (χ2v) is 12.6. The fourth-order valence-corrected chi connectivity index (χ4v) is 12.2. The summed E-state index contributed by atoms with van der Waals surface area (Å²) in [4.78, 5) is 0. The average molecular weight is 440 g/mol. The first-order valence-electron chi connectivity index (χ1n) is 8.47. The zero-order valence-electron chi connectivity index (χ0n) is 14.5. The number of benzene rings is 3. The van der Waals surface area contributed by atoms with Crippen LogP contribution in [-0.4, -0.2) is 21.1 Å². The van der Waals surface area contributed by atoms with Gasteiger partial charge in [-0.05, 0) is 0 Å². The number of alkyl halides is 3. The third kappa shape index (κ3) is 4.93. The first kappa shape index (κ1) is 20.0. The molecule has 0 aliphatic heterocycles. The third-order valence-corrected chi connectivity index (χ3v) is 12.4. The standard InChI is InChI=1S/C18H15OSi.C2H2F3O.Zn/c19-20(16-10-4-1-5-11-16,17-12-6-2-7-13-17)18-14-8-3-9-15-18;3-2(4,5)1-6;/h1-15H;1H2;/q2*-1;+2. The van der Waals surface area contributed by atoms with Crippen molar-refractivity contribution in [2.24, 2.45) is 0 Å². The van der Waals surface area contributed by atoms with Gasteiger partial charge in [-0.25, -0.2) is 0 Å². The molecule has 3 rings (SSSR count). The summed E-state index contributed by atoms with van der Waals surface area (Å²) in [7, 11) is -2.93. The monoisotopic (exact) mass is 438 g/mol. The Kier molecular flexibility index (Phi) is 6.60. The van der Waals surface area contributed by atoms with Crippen LogP contribution in [0.3, 0.4) is 0 Å². The Hall–Kier alpha value is -1.79. The van der Waals surface area contributed by atoms with Crippen molar-refractivity contribution in [3.63, 3.8) is 0 Å². The van der Waals surface area contributed by atoms with Crippen LogP contribution in [0.15, 0.2) is 91.0 Å². The van der Waals surface area contributed by atoms with E-state index in [1.807, 2.05) is 91.0 Å². The van der Waals surface area contributed by atoms with E-state index in [4.69, 9.17) is 6.82 Å². The predicted octanol–water partition coefficient (Wildman–Crippen LogP) is 3.16. The van der Waals surface area contributed by atoms with Crippen molar-refractivity contribution in [1.29, 1.82) is 0 Å². The van der Waals surface area contributed by atoms with Crippen molar-refractivity contribution in [1.82, 2.24) is 0 Å². The second kappa shape index (κ2) is 8.93. The van der Waals surface area contributed by atoms with E-state index in [9.17, 15) is 13.2 Å². The van der Waals surface area contributed by atoms with Gasteiger partial charge in [0.25, 0.3) is 0 Å². The van der Waals surface area contributed by atoms with Crippen LogP contribution >= 0.6 is 0 Å². The molecule has 0 aliphatic rings. The average Bonchev–Trinajstić information content (AvgIpc) is 2.70. The maximum atomic E-state index is 12.5. The Morgan fingerprint density at radius 2 is 1.04 bits per heavy atom. The summed E-state index contributed by atoms with van der Waals surface area (Å²) in [5.74, 6) is 0. The quantitative estimate of drug-likeness (QED) is 0.320. The molecule has 0 N–H and O–H groups in total. The maximum absolute atomic E-state index is 12.5. The molecule has 7 heteroatoms. The van der Waals surface area contributed by atoms with Crippen LogP contribution < -0.4 is 15.6 Å². The van der Waals surface area contributed by atoms with Gasteiger partial charge in [-0.2, -0.15) is 0 Å². The fraction of sp³-hybridized carbons (Fsp3) is 0.100. The molecule has 0 fully saturated rings. The van der Waals surface area contributed by atoms with Gasteiger partial charge in [0.1, 0.15) is 0 Å². The Morgan fingerprint density at radius 1 is 0.667 bits per heavy atom. The Labute approximate surface area is 165 Å². The predicted molar refractivity (Wildman–Crippen MR) is 97.1 cm³/mol. The molecule has 27 heavy (non-hydrogen) atoms. The van der Waals surface area contributed by atoms with Crippen LogP contribution in [0.4, 0.5) is 13.2 Å². The SMILES string of the molecule is FC(F)(F)C[O][Zn][O][Si](c1ccccc1)(c1ccccc1)c1ccccc1. The van der Waals surface area contributed by atoms with Crippen molar-refractivity contribution in [2.45, 2.75) is 6.18 Å². The fourth-order valence-electron chi connectivity index (χ4n) is 3.06. The third-order valence-electron chi connectivity index (χ3n) is 4.17. The zero-order valence-corrected chi connectivity index (χ0v) is 18.5. The van der Waals surface area contributed by atoms with Gasteiger partial charge in [0.2, 0.25) is 0 Å². The van der Waals surface area contributed by atoms with Crippen LogP contribution in [0.5, 0.6) is 0 Å². The van der Waals surface area contributed by atoms with Crippen LogP contribution in [0.1, 0.15) is 0 Å². The minimum atomic E-state index is -4.34. The Morgan fingerprint density at radius 3 is 1.37 bits per heavy atom. The van der Waals surface area contributed by atoms with Crippen molar-refractivity contribution >= 4 is 23.9 Å². The first-order chi connectivity index (χ1) is 13.0. The molecule has 0 aromatic heterocycles. The van der Waals surface area contributed by atoms with Gasteiger partial charge in [-0.3, -0.25) is 0 Å². The zero-order chi connectivity index (χ0) is 19.2. The van der Waals surface area contributed by atoms with E-state index >= 15 is 0 Å². The van der Waals surface area contributed by atoms with Crippen LogP contribution in [-0.2, 0) is 24.7 Å². The molecule has 0 bridgehead atoms. The molecule has 3 aromatic rings. The van der Waals surface area contributed by atoms with E-state index in [2.05, 4.69) is 0 Å². The minimum absolute atomic E-state index is 0.989. The molecule has 0 aliphatic carbocycles. The summed E-state index contributed by atoms with van der Waals surface area (Å²) in [6, 6.07) is 29.2. The summed E-state index contributed by atoms with van der Waals surface area (Å²) in [6.07, 6.45) is -4.34. The van der Waals surface area contributed by atoms with Gasteiger partial charge in [0.05, 0.1) is 0 Å².